The number of nitrogens with one attached hydrogen (secondary N) is 2. The molecule has 1 amide bonds. The molecule has 0 bridgehead atoms. The van der Waals surface area contributed by atoms with Crippen LogP contribution in [0, 0.1) is 0 Å². The van der Waals surface area contributed by atoms with Gasteiger partial charge in [0.2, 0.25) is 5.91 Å². The lowest BCUT2D eigenvalue weighted by Gasteiger charge is -2.08. The lowest BCUT2D eigenvalue weighted by Crippen LogP contribution is -2.32. The Bertz CT molecular complexity index is 394. The molecule has 0 atom stereocenters. The molecule has 4 heteroatoms. The predicted octanol–water partition coefficient (Wildman–Crippen LogP) is 2.13. The molecule has 0 saturated carbocycles. The highest BCUT2D eigenvalue weighted by Gasteiger charge is 1.99. The summed E-state index contributed by atoms with van der Waals surface area (Å²) < 4.78 is 5.73. The van der Waals surface area contributed by atoms with Gasteiger partial charge in [-0.25, -0.2) is 0 Å². The standard InChI is InChI=1S/C16H26N2O2/c1-3-4-5-11-20-15-8-6-7-14(12-15)9-10-18-13-16(19)17-2/h6-8,12,18H,3-5,9-11,13H2,1-2H3,(H,17,19). The van der Waals surface area contributed by atoms with Crippen LogP contribution < -0.4 is 15.4 Å². The number of hydrogen-bond donors (Lipinski definition) is 2. The summed E-state index contributed by atoms with van der Waals surface area (Å²) in [5, 5.41) is 5.70. The fraction of sp³-hybridized carbons (Fsp3) is 0.562. The molecule has 2 N–H and O–H groups in total. The number of benzene rings is 1. The van der Waals surface area contributed by atoms with Gasteiger partial charge in [0.25, 0.3) is 0 Å². The number of unbranched alkanes of at least 4 members (excludes halogenated alkanes) is 2. The number of amides is 1. The van der Waals surface area contributed by atoms with Crippen LogP contribution in [0.4, 0.5) is 0 Å². The molecule has 0 aliphatic heterocycles. The van der Waals surface area contributed by atoms with Gasteiger partial charge in [0.05, 0.1) is 13.2 Å². The van der Waals surface area contributed by atoms with Crippen LogP contribution in [-0.4, -0.2) is 32.7 Å². The summed E-state index contributed by atoms with van der Waals surface area (Å²) in [6.07, 6.45) is 4.42. The SMILES string of the molecule is CCCCCOc1cccc(CCNCC(=O)NC)c1. The molecular formula is C16H26N2O2. The normalized spacial score (nSPS) is 10.3. The van der Waals surface area contributed by atoms with Gasteiger partial charge in [-0.05, 0) is 37.1 Å². The van der Waals surface area contributed by atoms with Crippen LogP contribution in [0.3, 0.4) is 0 Å². The Morgan fingerprint density at radius 3 is 2.90 bits per heavy atom. The summed E-state index contributed by atoms with van der Waals surface area (Å²) in [5.74, 6) is 0.947. The van der Waals surface area contributed by atoms with Crippen LogP contribution in [0.15, 0.2) is 24.3 Å². The van der Waals surface area contributed by atoms with Crippen LogP contribution in [0.25, 0.3) is 0 Å². The second-order valence-corrected chi connectivity index (χ2v) is 4.80. The maximum Gasteiger partial charge on any atom is 0.233 e. The first-order valence-corrected chi connectivity index (χ1v) is 7.39. The topological polar surface area (TPSA) is 50.4 Å². The quantitative estimate of drug-likeness (QED) is 0.645. The molecule has 112 valence electrons. The Kier molecular flexibility index (Phi) is 8.47. The van der Waals surface area contributed by atoms with Crippen molar-refractivity contribution in [3.63, 3.8) is 0 Å². The van der Waals surface area contributed by atoms with Gasteiger partial charge >= 0.3 is 0 Å². The van der Waals surface area contributed by atoms with Crippen LogP contribution in [0.1, 0.15) is 31.7 Å². The van der Waals surface area contributed by atoms with Gasteiger partial charge in [0, 0.05) is 7.05 Å². The van der Waals surface area contributed by atoms with E-state index in [0.717, 1.165) is 31.7 Å². The minimum absolute atomic E-state index is 0.0120. The molecule has 4 nitrogen and oxygen atoms in total. The van der Waals surface area contributed by atoms with Crippen molar-refractivity contribution < 1.29 is 9.53 Å². The number of carbonyl (C=O) groups excluding carboxylic acids is 1. The fourth-order valence-electron chi connectivity index (χ4n) is 1.86. The number of carbonyl (C=O) groups is 1. The second-order valence-electron chi connectivity index (χ2n) is 4.80. The van der Waals surface area contributed by atoms with Crippen molar-refractivity contribution in [2.45, 2.75) is 32.6 Å². The van der Waals surface area contributed by atoms with Gasteiger partial charge in [-0.2, -0.15) is 0 Å². The third-order valence-corrected chi connectivity index (χ3v) is 3.07. The molecule has 0 aliphatic carbocycles. The molecule has 0 heterocycles. The average Bonchev–Trinajstić information content (AvgIpc) is 2.48. The smallest absolute Gasteiger partial charge is 0.233 e. The van der Waals surface area contributed by atoms with Crippen molar-refractivity contribution in [1.82, 2.24) is 10.6 Å². The lowest BCUT2D eigenvalue weighted by molar-refractivity contribution is -0.119. The molecule has 0 fully saturated rings. The summed E-state index contributed by atoms with van der Waals surface area (Å²) >= 11 is 0. The Labute approximate surface area is 121 Å². The van der Waals surface area contributed by atoms with Gasteiger partial charge in [0.1, 0.15) is 5.75 Å². The van der Waals surface area contributed by atoms with Crippen LogP contribution in [0.2, 0.25) is 0 Å². The van der Waals surface area contributed by atoms with Gasteiger partial charge in [-0.3, -0.25) is 4.79 Å². The number of likely N-dealkylation sites (N-methyl/N-ethyl adjacent to an activating group) is 1. The molecule has 0 aliphatic rings. The predicted molar refractivity (Wildman–Crippen MR) is 82.1 cm³/mol. The molecule has 0 saturated heterocycles. The van der Waals surface area contributed by atoms with Crippen molar-refractivity contribution in [2.75, 3.05) is 26.7 Å². The molecule has 0 radical (unpaired) electrons. The maximum absolute atomic E-state index is 11.1. The summed E-state index contributed by atoms with van der Waals surface area (Å²) in [6.45, 7) is 4.12. The zero-order chi connectivity index (χ0) is 14.6. The highest BCUT2D eigenvalue weighted by Crippen LogP contribution is 2.14. The summed E-state index contributed by atoms with van der Waals surface area (Å²) in [4.78, 5) is 11.1. The van der Waals surface area contributed by atoms with E-state index in [9.17, 15) is 4.79 Å². The van der Waals surface area contributed by atoms with Crippen molar-refractivity contribution >= 4 is 5.91 Å². The van der Waals surface area contributed by atoms with Crippen molar-refractivity contribution in [3.05, 3.63) is 29.8 Å². The van der Waals surface area contributed by atoms with E-state index in [-0.39, 0.29) is 5.91 Å². The lowest BCUT2D eigenvalue weighted by atomic mass is 10.1. The van der Waals surface area contributed by atoms with Crippen molar-refractivity contribution in [2.24, 2.45) is 0 Å². The summed E-state index contributed by atoms with van der Waals surface area (Å²) in [6, 6.07) is 8.17. The summed E-state index contributed by atoms with van der Waals surface area (Å²) in [5.41, 5.74) is 1.22. The average molecular weight is 278 g/mol. The van der Waals surface area contributed by atoms with E-state index in [4.69, 9.17) is 4.74 Å². The van der Waals surface area contributed by atoms with Crippen LogP contribution in [-0.2, 0) is 11.2 Å². The molecule has 1 aromatic carbocycles. The third-order valence-electron chi connectivity index (χ3n) is 3.07. The Morgan fingerprint density at radius 2 is 2.15 bits per heavy atom. The Morgan fingerprint density at radius 1 is 1.30 bits per heavy atom. The van der Waals surface area contributed by atoms with Crippen LogP contribution >= 0.6 is 0 Å². The molecule has 0 unspecified atom stereocenters. The van der Waals surface area contributed by atoms with Gasteiger partial charge < -0.3 is 15.4 Å². The monoisotopic (exact) mass is 278 g/mol. The highest BCUT2D eigenvalue weighted by atomic mass is 16.5. The molecule has 1 rings (SSSR count). The minimum Gasteiger partial charge on any atom is -0.494 e. The van der Waals surface area contributed by atoms with Gasteiger partial charge in [0.15, 0.2) is 0 Å². The first-order chi connectivity index (χ1) is 9.76. The van der Waals surface area contributed by atoms with E-state index in [1.165, 1.54) is 18.4 Å². The highest BCUT2D eigenvalue weighted by molar-refractivity contribution is 5.77. The fourth-order valence-corrected chi connectivity index (χ4v) is 1.86. The van der Waals surface area contributed by atoms with E-state index >= 15 is 0 Å². The molecule has 1 aromatic rings. The van der Waals surface area contributed by atoms with Gasteiger partial charge in [-0.1, -0.05) is 31.9 Å². The first kappa shape index (κ1) is 16.5. The van der Waals surface area contributed by atoms with E-state index in [1.807, 2.05) is 12.1 Å². The molecular weight excluding hydrogens is 252 g/mol. The zero-order valence-electron chi connectivity index (χ0n) is 12.6. The van der Waals surface area contributed by atoms with E-state index < -0.39 is 0 Å². The van der Waals surface area contributed by atoms with Crippen molar-refractivity contribution in [1.29, 1.82) is 0 Å². The number of rotatable bonds is 10. The summed E-state index contributed by atoms with van der Waals surface area (Å²) in [7, 11) is 1.64. The largest absolute Gasteiger partial charge is 0.494 e. The van der Waals surface area contributed by atoms with E-state index in [0.29, 0.717) is 6.54 Å². The number of ether oxygens (including phenoxy) is 1. The van der Waals surface area contributed by atoms with Crippen LogP contribution in [0.5, 0.6) is 5.75 Å². The minimum atomic E-state index is 0.0120. The zero-order valence-corrected chi connectivity index (χ0v) is 12.6. The first-order valence-electron chi connectivity index (χ1n) is 7.39. The molecule has 0 aromatic heterocycles. The maximum atomic E-state index is 11.1. The van der Waals surface area contributed by atoms with Gasteiger partial charge in [-0.15, -0.1) is 0 Å². The molecule has 0 spiro atoms. The van der Waals surface area contributed by atoms with E-state index in [1.54, 1.807) is 7.05 Å². The Hall–Kier alpha value is -1.55. The van der Waals surface area contributed by atoms with Crippen molar-refractivity contribution in [3.8, 4) is 5.75 Å². The second kappa shape index (κ2) is 10.3. The van der Waals surface area contributed by atoms with E-state index in [2.05, 4.69) is 29.7 Å². The number of hydrogen-bond acceptors (Lipinski definition) is 3. The Balaban J connectivity index is 2.26. The third kappa shape index (κ3) is 7.14. The molecule has 20 heavy (non-hydrogen) atoms.